The normalized spacial score (nSPS) is 14.9. The topological polar surface area (TPSA) is 94.8 Å². The third-order valence-electron chi connectivity index (χ3n) is 1.31. The van der Waals surface area contributed by atoms with Gasteiger partial charge in [0.2, 0.25) is 0 Å². The van der Waals surface area contributed by atoms with Gasteiger partial charge in [0.15, 0.2) is 0 Å². The fourth-order valence-corrected chi connectivity index (χ4v) is 0.899. The molecular formula is C6H11O5P. The number of hydrogen-bond donors (Lipinski definition) is 3. The smallest absolute Gasteiger partial charge is 0.328 e. The van der Waals surface area contributed by atoms with Crippen LogP contribution in [0.1, 0.15) is 13.3 Å². The summed E-state index contributed by atoms with van der Waals surface area (Å²) in [6.07, 6.45) is 2.16. The molecule has 0 amide bonds. The quantitative estimate of drug-likeness (QED) is 0.449. The Morgan fingerprint density at radius 1 is 1.58 bits per heavy atom. The molecule has 0 aliphatic carbocycles. The fraction of sp³-hybridized carbons (Fsp3) is 0.500. The summed E-state index contributed by atoms with van der Waals surface area (Å²) in [7, 11) is -4.06. The molecule has 5 nitrogen and oxygen atoms in total. The van der Waals surface area contributed by atoms with Crippen LogP contribution in [0.2, 0.25) is 0 Å². The molecule has 0 rings (SSSR count). The summed E-state index contributed by atoms with van der Waals surface area (Å²) >= 11 is 0. The second-order valence-corrected chi connectivity index (χ2v) is 4.47. The number of carbonyl (C=O) groups is 1. The Bertz CT molecular complexity index is 228. The first kappa shape index (κ1) is 11.4. The summed E-state index contributed by atoms with van der Waals surface area (Å²) in [5, 5.41) is 8.15. The average molecular weight is 194 g/mol. The van der Waals surface area contributed by atoms with E-state index in [1.54, 1.807) is 0 Å². The highest BCUT2D eigenvalue weighted by molar-refractivity contribution is 7.52. The van der Waals surface area contributed by atoms with Crippen molar-refractivity contribution in [2.24, 2.45) is 0 Å². The maximum Gasteiger partial charge on any atom is 0.328 e. The summed E-state index contributed by atoms with van der Waals surface area (Å²) in [6, 6.07) is 0. The molecule has 12 heavy (non-hydrogen) atoms. The van der Waals surface area contributed by atoms with Gasteiger partial charge < -0.3 is 14.9 Å². The first-order valence-corrected chi connectivity index (χ1v) is 4.97. The van der Waals surface area contributed by atoms with Gasteiger partial charge in [-0.25, -0.2) is 4.79 Å². The maximum atomic E-state index is 10.5. The van der Waals surface area contributed by atoms with Crippen LogP contribution in [0, 0.1) is 0 Å². The van der Waals surface area contributed by atoms with Crippen molar-refractivity contribution in [1.82, 2.24) is 0 Å². The molecular weight excluding hydrogens is 183 g/mol. The van der Waals surface area contributed by atoms with Crippen molar-refractivity contribution in [1.29, 1.82) is 0 Å². The van der Waals surface area contributed by atoms with Crippen LogP contribution in [0.4, 0.5) is 0 Å². The van der Waals surface area contributed by atoms with E-state index in [0.717, 1.165) is 6.08 Å². The number of carboxylic acids is 1. The van der Waals surface area contributed by atoms with Gasteiger partial charge in [0.1, 0.15) is 0 Å². The van der Waals surface area contributed by atoms with Crippen molar-refractivity contribution >= 4 is 13.6 Å². The highest BCUT2D eigenvalue weighted by atomic mass is 31.2. The highest BCUT2D eigenvalue weighted by Crippen LogP contribution is 2.42. The van der Waals surface area contributed by atoms with Crippen molar-refractivity contribution in [3.05, 3.63) is 12.2 Å². The van der Waals surface area contributed by atoms with Crippen LogP contribution in [0.15, 0.2) is 12.2 Å². The third-order valence-corrected chi connectivity index (χ3v) is 2.67. The van der Waals surface area contributed by atoms with Crippen LogP contribution < -0.4 is 0 Å². The van der Waals surface area contributed by atoms with Gasteiger partial charge in [-0.15, -0.1) is 0 Å². The molecule has 0 bridgehead atoms. The Labute approximate surface area is 69.9 Å². The summed E-state index contributed by atoms with van der Waals surface area (Å²) < 4.78 is 10.5. The molecule has 3 N–H and O–H groups in total. The Morgan fingerprint density at radius 3 is 2.42 bits per heavy atom. The second-order valence-electron chi connectivity index (χ2n) is 2.41. The van der Waals surface area contributed by atoms with Crippen molar-refractivity contribution < 1.29 is 24.3 Å². The fourth-order valence-electron chi connectivity index (χ4n) is 0.503. The van der Waals surface area contributed by atoms with Gasteiger partial charge >= 0.3 is 13.6 Å². The number of allylic oxidation sites excluding steroid dienone is 1. The van der Waals surface area contributed by atoms with E-state index in [1.807, 2.05) is 0 Å². The van der Waals surface area contributed by atoms with Gasteiger partial charge in [-0.05, 0) is 6.42 Å². The number of carboxylic acid groups (broad SMARTS) is 1. The number of hydrogen-bond acceptors (Lipinski definition) is 2. The third kappa shape index (κ3) is 5.07. The maximum absolute atomic E-state index is 10.5. The predicted molar refractivity (Wildman–Crippen MR) is 42.9 cm³/mol. The molecule has 0 aromatic carbocycles. The van der Waals surface area contributed by atoms with Crippen molar-refractivity contribution in [3.8, 4) is 0 Å². The van der Waals surface area contributed by atoms with E-state index in [0.29, 0.717) is 0 Å². The minimum Gasteiger partial charge on any atom is -0.478 e. The minimum absolute atomic E-state index is 0.0660. The van der Waals surface area contributed by atoms with Crippen LogP contribution in [-0.4, -0.2) is 26.5 Å². The van der Waals surface area contributed by atoms with E-state index in [-0.39, 0.29) is 6.42 Å². The van der Waals surface area contributed by atoms with E-state index in [9.17, 15) is 9.36 Å². The first-order chi connectivity index (χ1) is 5.34. The van der Waals surface area contributed by atoms with Crippen LogP contribution in [0.5, 0.6) is 0 Å². The van der Waals surface area contributed by atoms with E-state index < -0.39 is 19.2 Å². The zero-order valence-electron chi connectivity index (χ0n) is 6.54. The zero-order valence-corrected chi connectivity index (χ0v) is 7.44. The van der Waals surface area contributed by atoms with Crippen LogP contribution in [0.25, 0.3) is 0 Å². The van der Waals surface area contributed by atoms with Crippen molar-refractivity contribution in [2.75, 3.05) is 0 Å². The molecule has 0 fully saturated rings. The first-order valence-electron chi connectivity index (χ1n) is 3.28. The van der Waals surface area contributed by atoms with Crippen molar-refractivity contribution in [3.63, 3.8) is 0 Å². The van der Waals surface area contributed by atoms with Gasteiger partial charge in [0, 0.05) is 6.08 Å². The van der Waals surface area contributed by atoms with Crippen LogP contribution in [-0.2, 0) is 9.36 Å². The second kappa shape index (κ2) is 4.40. The standard InChI is InChI=1S/C6H11O5P/c1-5(12(9,10)11)3-2-4-6(7)8/h2,4-5H,3H2,1H3,(H,7,8)(H2,9,10,11). The molecule has 0 aliphatic heterocycles. The number of rotatable bonds is 4. The largest absolute Gasteiger partial charge is 0.478 e. The molecule has 0 aromatic heterocycles. The van der Waals surface area contributed by atoms with E-state index in [4.69, 9.17) is 14.9 Å². The Morgan fingerprint density at radius 2 is 2.08 bits per heavy atom. The predicted octanol–water partition coefficient (Wildman–Crippen LogP) is 0.583. The zero-order chi connectivity index (χ0) is 9.78. The van der Waals surface area contributed by atoms with Crippen molar-refractivity contribution in [2.45, 2.75) is 19.0 Å². The Kier molecular flexibility index (Phi) is 4.17. The SMILES string of the molecule is CC(CC=CC(=O)O)P(=O)(O)O. The highest BCUT2D eigenvalue weighted by Gasteiger charge is 2.21. The molecule has 70 valence electrons. The Balaban J connectivity index is 3.96. The van der Waals surface area contributed by atoms with E-state index in [1.165, 1.54) is 13.0 Å². The minimum atomic E-state index is -4.06. The summed E-state index contributed by atoms with van der Waals surface area (Å²) in [5.41, 5.74) is -0.826. The van der Waals surface area contributed by atoms with Gasteiger partial charge in [-0.2, -0.15) is 0 Å². The lowest BCUT2D eigenvalue weighted by molar-refractivity contribution is -0.131. The lowest BCUT2D eigenvalue weighted by atomic mass is 10.3. The van der Waals surface area contributed by atoms with Crippen LogP contribution >= 0.6 is 7.60 Å². The molecule has 0 spiro atoms. The molecule has 0 heterocycles. The van der Waals surface area contributed by atoms with Gasteiger partial charge in [0.25, 0.3) is 0 Å². The summed E-state index contributed by atoms with van der Waals surface area (Å²) in [5.74, 6) is -1.12. The van der Waals surface area contributed by atoms with Gasteiger partial charge in [0.05, 0.1) is 5.66 Å². The van der Waals surface area contributed by atoms with Gasteiger partial charge in [-0.3, -0.25) is 4.57 Å². The van der Waals surface area contributed by atoms with Gasteiger partial charge in [-0.1, -0.05) is 13.0 Å². The molecule has 0 aliphatic rings. The molecule has 0 aromatic rings. The molecule has 1 atom stereocenters. The molecule has 1 unspecified atom stereocenters. The number of aliphatic carboxylic acids is 1. The molecule has 0 saturated carbocycles. The molecule has 0 saturated heterocycles. The monoisotopic (exact) mass is 194 g/mol. The lowest BCUT2D eigenvalue weighted by Gasteiger charge is -2.09. The average Bonchev–Trinajstić information content (AvgIpc) is 1.84. The summed E-state index contributed by atoms with van der Waals surface area (Å²) in [6.45, 7) is 1.37. The van der Waals surface area contributed by atoms with E-state index in [2.05, 4.69) is 0 Å². The molecule has 0 radical (unpaired) electrons. The Hall–Kier alpha value is -0.640. The molecule has 6 heteroatoms. The van der Waals surface area contributed by atoms with E-state index >= 15 is 0 Å². The van der Waals surface area contributed by atoms with Crippen LogP contribution in [0.3, 0.4) is 0 Å². The lowest BCUT2D eigenvalue weighted by Crippen LogP contribution is -2.01. The summed E-state index contributed by atoms with van der Waals surface area (Å²) in [4.78, 5) is 27.1.